The van der Waals surface area contributed by atoms with Crippen LogP contribution in [0.25, 0.3) is 10.6 Å². The van der Waals surface area contributed by atoms with E-state index in [4.69, 9.17) is 11.6 Å². The predicted octanol–water partition coefficient (Wildman–Crippen LogP) is 4.29. The molecule has 1 aliphatic rings. The number of rotatable bonds is 6. The molecule has 152 valence electrons. The number of carbonyl (C=O) groups excluding carboxylic acids is 3. The van der Waals surface area contributed by atoms with Crippen molar-refractivity contribution in [1.82, 2.24) is 9.88 Å². The number of hydrogen-bond donors (Lipinski definition) is 1. The molecule has 0 bridgehead atoms. The molecule has 0 radical (unpaired) electrons. The van der Waals surface area contributed by atoms with Gasteiger partial charge in [-0.25, -0.2) is 4.98 Å². The van der Waals surface area contributed by atoms with Gasteiger partial charge < -0.3 is 5.32 Å². The Balaban J connectivity index is 1.35. The minimum atomic E-state index is -0.177. The van der Waals surface area contributed by atoms with E-state index in [2.05, 4.69) is 10.3 Å². The molecule has 30 heavy (non-hydrogen) atoms. The Labute approximate surface area is 182 Å². The molecule has 2 aromatic carbocycles. The second kappa shape index (κ2) is 8.77. The van der Waals surface area contributed by atoms with Crippen molar-refractivity contribution in [1.29, 1.82) is 0 Å². The second-order valence-electron chi connectivity index (χ2n) is 6.92. The van der Waals surface area contributed by atoms with Crippen LogP contribution >= 0.6 is 22.9 Å². The van der Waals surface area contributed by atoms with Gasteiger partial charge in [0, 0.05) is 29.5 Å². The van der Waals surface area contributed by atoms with Crippen molar-refractivity contribution in [2.24, 2.45) is 0 Å². The van der Waals surface area contributed by atoms with Crippen LogP contribution in [0.5, 0.6) is 0 Å². The first-order valence-electron chi connectivity index (χ1n) is 9.41. The van der Waals surface area contributed by atoms with Gasteiger partial charge in [-0.05, 0) is 23.8 Å². The van der Waals surface area contributed by atoms with Gasteiger partial charge in [0.2, 0.25) is 17.7 Å². The number of nitrogens with zero attached hydrogens (tertiary/aromatic N) is 2. The van der Waals surface area contributed by atoms with Crippen molar-refractivity contribution in [3.63, 3.8) is 0 Å². The number of anilines is 1. The number of thiazole rings is 1. The molecule has 0 aliphatic carbocycles. The van der Waals surface area contributed by atoms with Crippen LogP contribution in [0.2, 0.25) is 5.02 Å². The summed E-state index contributed by atoms with van der Waals surface area (Å²) in [5.41, 5.74) is 3.00. The maximum atomic E-state index is 12.4. The van der Waals surface area contributed by atoms with Gasteiger partial charge in [-0.1, -0.05) is 41.9 Å². The average molecular weight is 440 g/mol. The van der Waals surface area contributed by atoms with Gasteiger partial charge in [0.25, 0.3) is 0 Å². The molecule has 2 heterocycles. The third-order valence-corrected chi connectivity index (χ3v) is 5.98. The SMILES string of the molecule is O=C(Cc1csc(-c2ccccc2Cl)n1)Nc1ccc(CN2C(=O)CCC2=O)cc1. The molecule has 1 N–H and O–H groups in total. The molecule has 0 saturated carbocycles. The lowest BCUT2D eigenvalue weighted by Crippen LogP contribution is -2.28. The fraction of sp³-hybridized carbons (Fsp3) is 0.182. The van der Waals surface area contributed by atoms with Crippen molar-refractivity contribution < 1.29 is 14.4 Å². The molecule has 1 aromatic heterocycles. The molecule has 0 unspecified atom stereocenters. The summed E-state index contributed by atoms with van der Waals surface area (Å²) in [6.07, 6.45) is 0.711. The zero-order valence-corrected chi connectivity index (χ0v) is 17.5. The number of halogens is 1. The molecule has 3 aromatic rings. The van der Waals surface area contributed by atoms with E-state index in [-0.39, 0.29) is 43.5 Å². The van der Waals surface area contributed by atoms with Crippen molar-refractivity contribution >= 4 is 46.3 Å². The van der Waals surface area contributed by atoms with Crippen LogP contribution in [0.4, 0.5) is 5.69 Å². The first-order valence-corrected chi connectivity index (χ1v) is 10.7. The van der Waals surface area contributed by atoms with Crippen LogP contribution in [-0.4, -0.2) is 27.6 Å². The largest absolute Gasteiger partial charge is 0.326 e. The topological polar surface area (TPSA) is 79.4 Å². The number of carbonyl (C=O) groups is 3. The minimum absolute atomic E-state index is 0.142. The molecule has 0 spiro atoms. The normalized spacial score (nSPS) is 13.7. The number of nitrogens with one attached hydrogen (secondary N) is 1. The summed E-state index contributed by atoms with van der Waals surface area (Å²) in [7, 11) is 0. The number of aromatic nitrogens is 1. The van der Waals surface area contributed by atoms with Gasteiger partial charge in [0.1, 0.15) is 5.01 Å². The lowest BCUT2D eigenvalue weighted by Gasteiger charge is -2.14. The maximum absolute atomic E-state index is 12.4. The molecule has 3 amide bonds. The highest BCUT2D eigenvalue weighted by Gasteiger charge is 2.28. The zero-order valence-electron chi connectivity index (χ0n) is 15.9. The maximum Gasteiger partial charge on any atom is 0.230 e. The summed E-state index contributed by atoms with van der Waals surface area (Å²) >= 11 is 7.66. The molecule has 0 atom stereocenters. The number of amides is 3. The Hall–Kier alpha value is -3.03. The quantitative estimate of drug-likeness (QED) is 0.581. The van der Waals surface area contributed by atoms with Crippen molar-refractivity contribution in [3.8, 4) is 10.6 Å². The van der Waals surface area contributed by atoms with Crippen molar-refractivity contribution in [3.05, 3.63) is 70.2 Å². The van der Waals surface area contributed by atoms with Crippen LogP contribution in [0.3, 0.4) is 0 Å². The van der Waals surface area contributed by atoms with E-state index in [0.717, 1.165) is 16.1 Å². The molecular weight excluding hydrogens is 422 g/mol. The van der Waals surface area contributed by atoms with Gasteiger partial charge in [-0.2, -0.15) is 0 Å². The van der Waals surface area contributed by atoms with Gasteiger partial charge >= 0.3 is 0 Å². The van der Waals surface area contributed by atoms with E-state index in [1.165, 1.54) is 16.2 Å². The Morgan fingerprint density at radius 1 is 1.07 bits per heavy atom. The second-order valence-corrected chi connectivity index (χ2v) is 8.18. The van der Waals surface area contributed by atoms with E-state index >= 15 is 0 Å². The van der Waals surface area contributed by atoms with Crippen LogP contribution < -0.4 is 5.32 Å². The highest BCUT2D eigenvalue weighted by atomic mass is 35.5. The zero-order chi connectivity index (χ0) is 21.1. The predicted molar refractivity (Wildman–Crippen MR) is 116 cm³/mol. The third-order valence-electron chi connectivity index (χ3n) is 4.73. The third kappa shape index (κ3) is 4.58. The fourth-order valence-electron chi connectivity index (χ4n) is 3.19. The smallest absolute Gasteiger partial charge is 0.230 e. The monoisotopic (exact) mass is 439 g/mol. The minimum Gasteiger partial charge on any atom is -0.326 e. The molecule has 1 fully saturated rings. The lowest BCUT2D eigenvalue weighted by atomic mass is 10.2. The molecule has 6 nitrogen and oxygen atoms in total. The van der Waals surface area contributed by atoms with Crippen molar-refractivity contribution in [2.45, 2.75) is 25.8 Å². The fourth-order valence-corrected chi connectivity index (χ4v) is 4.33. The molecule has 8 heteroatoms. The number of benzene rings is 2. The van der Waals surface area contributed by atoms with Gasteiger partial charge in [0.05, 0.1) is 23.7 Å². The van der Waals surface area contributed by atoms with Gasteiger partial charge in [-0.15, -0.1) is 11.3 Å². The summed E-state index contributed by atoms with van der Waals surface area (Å²) < 4.78 is 0. The summed E-state index contributed by atoms with van der Waals surface area (Å²) in [5, 5.41) is 6.10. The van der Waals surface area contributed by atoms with E-state index in [9.17, 15) is 14.4 Å². The van der Waals surface area contributed by atoms with Crippen LogP contribution in [0, 0.1) is 0 Å². The number of imide groups is 1. The van der Waals surface area contributed by atoms with Crippen molar-refractivity contribution in [2.75, 3.05) is 5.32 Å². The Bertz CT molecular complexity index is 1090. The summed E-state index contributed by atoms with van der Waals surface area (Å²) in [4.78, 5) is 41.6. The Kier molecular flexibility index (Phi) is 5.92. The highest BCUT2D eigenvalue weighted by Crippen LogP contribution is 2.30. The first-order chi connectivity index (χ1) is 14.5. The summed E-state index contributed by atoms with van der Waals surface area (Å²) in [5.74, 6) is -0.461. The molecule has 1 aliphatic heterocycles. The molecule has 4 rings (SSSR count). The van der Waals surface area contributed by atoms with E-state index in [1.54, 1.807) is 24.3 Å². The first kappa shape index (κ1) is 20.3. The number of hydrogen-bond acceptors (Lipinski definition) is 5. The van der Waals surface area contributed by atoms with Crippen LogP contribution in [0.15, 0.2) is 53.9 Å². The standard InChI is InChI=1S/C22H18ClN3O3S/c23-18-4-2-1-3-17(18)22-25-16(13-30-22)11-19(27)24-15-7-5-14(6-8-15)12-26-20(28)9-10-21(26)29/h1-8,13H,9-12H2,(H,24,27). The average Bonchev–Trinajstić information content (AvgIpc) is 3.31. The summed E-state index contributed by atoms with van der Waals surface area (Å²) in [6.45, 7) is 0.259. The van der Waals surface area contributed by atoms with E-state index < -0.39 is 0 Å². The van der Waals surface area contributed by atoms with Gasteiger partial charge in [0.15, 0.2) is 0 Å². The Morgan fingerprint density at radius 2 is 1.77 bits per heavy atom. The highest BCUT2D eigenvalue weighted by molar-refractivity contribution is 7.13. The Morgan fingerprint density at radius 3 is 2.47 bits per heavy atom. The summed E-state index contributed by atoms with van der Waals surface area (Å²) in [6, 6.07) is 14.6. The van der Waals surface area contributed by atoms with Crippen LogP contribution in [-0.2, 0) is 27.3 Å². The molecular formula is C22H18ClN3O3S. The van der Waals surface area contributed by atoms with E-state index in [0.29, 0.717) is 16.4 Å². The van der Waals surface area contributed by atoms with E-state index in [1.807, 2.05) is 29.6 Å². The lowest BCUT2D eigenvalue weighted by molar-refractivity contribution is -0.139. The van der Waals surface area contributed by atoms with Gasteiger partial charge in [-0.3, -0.25) is 19.3 Å². The number of likely N-dealkylation sites (tertiary alicyclic amines) is 1. The van der Waals surface area contributed by atoms with Crippen LogP contribution in [0.1, 0.15) is 24.1 Å². The molecule has 1 saturated heterocycles.